The monoisotopic (exact) mass is 428 g/mol. The van der Waals surface area contributed by atoms with Crippen molar-refractivity contribution in [3.8, 4) is 11.3 Å². The number of anilines is 1. The van der Waals surface area contributed by atoms with Gasteiger partial charge in [0.15, 0.2) is 0 Å². The molecule has 0 aromatic carbocycles. The molecule has 6 rings (SSSR count). The Kier molecular flexibility index (Phi) is 4.54. The molecule has 2 saturated heterocycles. The number of nitrogens with zero attached hydrogens (tertiary/aromatic N) is 6. The molecule has 0 spiro atoms. The molecule has 6 heterocycles. The van der Waals surface area contributed by atoms with Gasteiger partial charge in [-0.2, -0.15) is 0 Å². The van der Waals surface area contributed by atoms with Gasteiger partial charge in [0.2, 0.25) is 0 Å². The largest absolute Gasteiger partial charge is 0.367 e. The summed E-state index contributed by atoms with van der Waals surface area (Å²) >= 11 is 0. The van der Waals surface area contributed by atoms with Crippen LogP contribution in [0.4, 0.5) is 5.69 Å². The first-order valence-corrected chi connectivity index (χ1v) is 11.6. The number of pyridine rings is 2. The van der Waals surface area contributed by atoms with Crippen LogP contribution in [-0.4, -0.2) is 55.9 Å². The Morgan fingerprint density at radius 3 is 2.84 bits per heavy atom. The van der Waals surface area contributed by atoms with Gasteiger partial charge in [0, 0.05) is 55.9 Å². The summed E-state index contributed by atoms with van der Waals surface area (Å²) in [6.07, 6.45) is 9.43. The Morgan fingerprint density at radius 1 is 1.06 bits per heavy atom. The lowest BCUT2D eigenvalue weighted by molar-refractivity contribution is 0.231. The average molecular weight is 429 g/mol. The lowest BCUT2D eigenvalue weighted by atomic mass is 10.1. The highest BCUT2D eigenvalue weighted by Crippen LogP contribution is 2.26. The molecule has 32 heavy (non-hydrogen) atoms. The van der Waals surface area contributed by atoms with E-state index in [9.17, 15) is 4.79 Å². The van der Waals surface area contributed by atoms with Gasteiger partial charge in [0.1, 0.15) is 11.3 Å². The molecule has 2 aliphatic rings. The van der Waals surface area contributed by atoms with E-state index in [0.717, 1.165) is 54.2 Å². The molecule has 2 fully saturated rings. The van der Waals surface area contributed by atoms with Gasteiger partial charge < -0.3 is 9.30 Å². The SMILES string of the molecule is CCc1cc(-c2cc(=O)n3cc(N4CCN5CCC[C@@H]5C4)ccc3n2)cn2cc(C)nc12. The van der Waals surface area contributed by atoms with Crippen LogP contribution in [0.3, 0.4) is 0 Å². The molecule has 0 saturated carbocycles. The third kappa shape index (κ3) is 3.19. The summed E-state index contributed by atoms with van der Waals surface area (Å²) in [4.78, 5) is 27.6. The van der Waals surface area contributed by atoms with Gasteiger partial charge in [0.05, 0.1) is 17.1 Å². The molecule has 0 bridgehead atoms. The highest BCUT2D eigenvalue weighted by molar-refractivity contribution is 5.66. The maximum absolute atomic E-state index is 13.1. The maximum atomic E-state index is 13.1. The van der Waals surface area contributed by atoms with E-state index >= 15 is 0 Å². The molecule has 0 amide bonds. The Morgan fingerprint density at radius 2 is 1.97 bits per heavy atom. The fourth-order valence-corrected chi connectivity index (χ4v) is 5.34. The number of rotatable bonds is 3. The molecule has 0 aliphatic carbocycles. The van der Waals surface area contributed by atoms with Crippen LogP contribution in [0.1, 0.15) is 31.0 Å². The molecule has 4 aromatic rings. The van der Waals surface area contributed by atoms with Crippen LogP contribution < -0.4 is 10.5 Å². The lowest BCUT2D eigenvalue weighted by Gasteiger charge is -2.38. The summed E-state index contributed by atoms with van der Waals surface area (Å²) in [6.45, 7) is 8.50. The van der Waals surface area contributed by atoms with Crippen LogP contribution in [0.25, 0.3) is 22.6 Å². The number of piperazine rings is 1. The van der Waals surface area contributed by atoms with Crippen molar-refractivity contribution in [3.63, 3.8) is 0 Å². The number of aromatic nitrogens is 4. The summed E-state index contributed by atoms with van der Waals surface area (Å²) in [5.74, 6) is 0. The molecule has 7 nitrogen and oxygen atoms in total. The van der Waals surface area contributed by atoms with Crippen molar-refractivity contribution >= 4 is 17.0 Å². The Hall–Kier alpha value is -3.19. The van der Waals surface area contributed by atoms with Crippen molar-refractivity contribution in [1.82, 2.24) is 23.7 Å². The lowest BCUT2D eigenvalue weighted by Crippen LogP contribution is -2.50. The minimum absolute atomic E-state index is 0.0497. The number of hydrogen-bond donors (Lipinski definition) is 0. The molecular formula is C25H28N6O. The van der Waals surface area contributed by atoms with Crippen molar-refractivity contribution < 1.29 is 0 Å². The summed E-state index contributed by atoms with van der Waals surface area (Å²) < 4.78 is 3.72. The van der Waals surface area contributed by atoms with Gasteiger partial charge in [-0.05, 0) is 56.5 Å². The first kappa shape index (κ1) is 19.5. The predicted molar refractivity (Wildman–Crippen MR) is 127 cm³/mol. The summed E-state index contributed by atoms with van der Waals surface area (Å²) in [6, 6.07) is 8.48. The Bertz CT molecular complexity index is 1390. The zero-order valence-corrected chi connectivity index (χ0v) is 18.7. The normalized spacial score (nSPS) is 19.2. The average Bonchev–Trinajstić information content (AvgIpc) is 3.43. The van der Waals surface area contributed by atoms with E-state index in [-0.39, 0.29) is 5.56 Å². The van der Waals surface area contributed by atoms with E-state index in [1.54, 1.807) is 10.5 Å². The van der Waals surface area contributed by atoms with Crippen LogP contribution in [0, 0.1) is 6.92 Å². The van der Waals surface area contributed by atoms with Gasteiger partial charge in [-0.1, -0.05) is 6.92 Å². The summed E-state index contributed by atoms with van der Waals surface area (Å²) in [5.41, 5.74) is 6.47. The number of imidazole rings is 1. The van der Waals surface area contributed by atoms with Gasteiger partial charge in [-0.25, -0.2) is 9.97 Å². The van der Waals surface area contributed by atoms with Crippen molar-refractivity contribution in [1.29, 1.82) is 0 Å². The molecule has 0 radical (unpaired) electrons. The second-order valence-electron chi connectivity index (χ2n) is 9.09. The first-order valence-electron chi connectivity index (χ1n) is 11.6. The van der Waals surface area contributed by atoms with E-state index < -0.39 is 0 Å². The van der Waals surface area contributed by atoms with E-state index in [1.165, 1.54) is 19.4 Å². The second kappa shape index (κ2) is 7.45. The van der Waals surface area contributed by atoms with Crippen LogP contribution in [-0.2, 0) is 6.42 Å². The van der Waals surface area contributed by atoms with Gasteiger partial charge >= 0.3 is 0 Å². The molecule has 0 unspecified atom stereocenters. The highest BCUT2D eigenvalue weighted by atomic mass is 16.1. The molecule has 7 heteroatoms. The Labute approximate surface area is 186 Å². The molecule has 0 N–H and O–H groups in total. The van der Waals surface area contributed by atoms with Crippen LogP contribution in [0.2, 0.25) is 0 Å². The summed E-state index contributed by atoms with van der Waals surface area (Å²) in [7, 11) is 0. The van der Waals surface area contributed by atoms with E-state index in [0.29, 0.717) is 17.4 Å². The third-order valence-corrected chi connectivity index (χ3v) is 7.02. The van der Waals surface area contributed by atoms with E-state index in [2.05, 4.69) is 33.8 Å². The van der Waals surface area contributed by atoms with Crippen LogP contribution >= 0.6 is 0 Å². The second-order valence-corrected chi connectivity index (χ2v) is 9.09. The first-order chi connectivity index (χ1) is 15.6. The van der Waals surface area contributed by atoms with E-state index in [1.807, 2.05) is 36.0 Å². The quantitative estimate of drug-likeness (QED) is 0.502. The Balaban J connectivity index is 1.38. The van der Waals surface area contributed by atoms with E-state index in [4.69, 9.17) is 4.98 Å². The molecular weight excluding hydrogens is 400 g/mol. The van der Waals surface area contributed by atoms with Crippen molar-refractivity contribution in [2.75, 3.05) is 31.1 Å². The predicted octanol–water partition coefficient (Wildman–Crippen LogP) is 3.16. The third-order valence-electron chi connectivity index (χ3n) is 7.02. The van der Waals surface area contributed by atoms with Gasteiger partial charge in [0.25, 0.3) is 5.56 Å². The molecule has 4 aromatic heterocycles. The van der Waals surface area contributed by atoms with Crippen molar-refractivity contribution in [2.45, 2.75) is 39.2 Å². The standard InChI is InChI=1S/C25H28N6O/c1-3-18-11-19(14-30-13-17(2)26-25(18)30)22-12-24(32)31-16-21(6-7-23(31)27-22)29-10-9-28-8-4-5-20(28)15-29/h6-7,11-14,16,20H,3-5,8-10,15H2,1-2H3/t20-/m1/s1. The van der Waals surface area contributed by atoms with Crippen molar-refractivity contribution in [2.24, 2.45) is 0 Å². The fourth-order valence-electron chi connectivity index (χ4n) is 5.34. The summed E-state index contributed by atoms with van der Waals surface area (Å²) in [5, 5.41) is 0. The number of fused-ring (bicyclic) bond motifs is 3. The molecule has 1 atom stereocenters. The number of hydrogen-bond acceptors (Lipinski definition) is 5. The maximum Gasteiger partial charge on any atom is 0.258 e. The minimum atomic E-state index is -0.0497. The highest BCUT2D eigenvalue weighted by Gasteiger charge is 2.30. The van der Waals surface area contributed by atoms with Gasteiger partial charge in [-0.3, -0.25) is 14.1 Å². The van der Waals surface area contributed by atoms with Crippen LogP contribution in [0.15, 0.2) is 47.7 Å². The number of aryl methyl sites for hydroxylation is 2. The topological polar surface area (TPSA) is 58.2 Å². The van der Waals surface area contributed by atoms with Gasteiger partial charge in [-0.15, -0.1) is 0 Å². The molecule has 164 valence electrons. The van der Waals surface area contributed by atoms with Crippen molar-refractivity contribution in [3.05, 3.63) is 64.5 Å². The fraction of sp³-hybridized carbons (Fsp3) is 0.400. The zero-order valence-electron chi connectivity index (χ0n) is 18.7. The molecule has 2 aliphatic heterocycles. The minimum Gasteiger partial charge on any atom is -0.367 e. The van der Waals surface area contributed by atoms with Crippen LogP contribution in [0.5, 0.6) is 0 Å². The smallest absolute Gasteiger partial charge is 0.258 e. The zero-order chi connectivity index (χ0) is 21.8.